The lowest BCUT2D eigenvalue weighted by Crippen LogP contribution is -2.45. The van der Waals surface area contributed by atoms with Crippen molar-refractivity contribution in [1.29, 1.82) is 0 Å². The maximum Gasteiger partial charge on any atom is 0.245 e. The molecule has 0 heterocycles. The standard InChI is InChI=1S/C21H26BrFN2O3S/c1-4-24(5-2)13-14-25(19-8-6-7-17(22)15-19)21(26)16(3)29(27,28)20-11-9-18(23)10-12-20/h6-12,15-16H,4-5,13-14H2,1-3H3. The van der Waals surface area contributed by atoms with Gasteiger partial charge in [0.15, 0.2) is 9.84 Å². The predicted molar refractivity (Wildman–Crippen MR) is 117 cm³/mol. The molecule has 2 rings (SSSR count). The third-order valence-corrected chi connectivity index (χ3v) is 7.43. The number of likely N-dealkylation sites (N-methyl/N-ethyl adjacent to an activating group) is 1. The molecule has 0 N–H and O–H groups in total. The monoisotopic (exact) mass is 484 g/mol. The summed E-state index contributed by atoms with van der Waals surface area (Å²) >= 11 is 3.40. The van der Waals surface area contributed by atoms with Crippen molar-refractivity contribution in [2.45, 2.75) is 30.9 Å². The van der Waals surface area contributed by atoms with Crippen LogP contribution in [0.4, 0.5) is 10.1 Å². The fourth-order valence-corrected chi connectivity index (χ4v) is 4.68. The van der Waals surface area contributed by atoms with E-state index in [-0.39, 0.29) is 4.90 Å². The van der Waals surface area contributed by atoms with Gasteiger partial charge in [-0.15, -0.1) is 0 Å². The molecule has 0 bridgehead atoms. The highest BCUT2D eigenvalue weighted by Gasteiger charge is 2.33. The van der Waals surface area contributed by atoms with Crippen molar-refractivity contribution in [2.24, 2.45) is 0 Å². The Kier molecular flexibility index (Phi) is 8.36. The Balaban J connectivity index is 2.35. The summed E-state index contributed by atoms with van der Waals surface area (Å²) in [6.45, 7) is 8.10. The number of hydrogen-bond acceptors (Lipinski definition) is 4. The van der Waals surface area contributed by atoms with E-state index in [1.165, 1.54) is 24.0 Å². The van der Waals surface area contributed by atoms with Crippen molar-refractivity contribution in [3.05, 3.63) is 58.8 Å². The number of hydrogen-bond donors (Lipinski definition) is 0. The maximum absolute atomic E-state index is 13.3. The van der Waals surface area contributed by atoms with Crippen LogP contribution < -0.4 is 4.90 Å². The first-order valence-electron chi connectivity index (χ1n) is 9.49. The molecule has 0 radical (unpaired) electrons. The van der Waals surface area contributed by atoms with Gasteiger partial charge in [-0.3, -0.25) is 4.79 Å². The quantitative estimate of drug-likeness (QED) is 0.502. The van der Waals surface area contributed by atoms with Crippen molar-refractivity contribution in [3.8, 4) is 0 Å². The molecule has 0 spiro atoms. The Morgan fingerprint density at radius 3 is 2.24 bits per heavy atom. The van der Waals surface area contributed by atoms with Gasteiger partial charge in [-0.1, -0.05) is 35.8 Å². The minimum absolute atomic E-state index is 0.0716. The third-order valence-electron chi connectivity index (χ3n) is 4.88. The van der Waals surface area contributed by atoms with Crippen LogP contribution in [0.25, 0.3) is 0 Å². The van der Waals surface area contributed by atoms with Gasteiger partial charge < -0.3 is 9.80 Å². The van der Waals surface area contributed by atoms with Crippen molar-refractivity contribution < 1.29 is 17.6 Å². The van der Waals surface area contributed by atoms with E-state index in [1.54, 1.807) is 18.2 Å². The predicted octanol–water partition coefficient (Wildman–Crippen LogP) is 4.13. The van der Waals surface area contributed by atoms with Gasteiger partial charge in [-0.05, 0) is 62.5 Å². The van der Waals surface area contributed by atoms with Gasteiger partial charge in [-0.2, -0.15) is 0 Å². The maximum atomic E-state index is 13.3. The average molecular weight is 485 g/mol. The summed E-state index contributed by atoms with van der Waals surface area (Å²) in [7, 11) is -3.95. The van der Waals surface area contributed by atoms with Crippen LogP contribution in [-0.4, -0.2) is 50.7 Å². The SMILES string of the molecule is CCN(CC)CCN(C(=O)C(C)S(=O)(=O)c1ccc(F)cc1)c1cccc(Br)c1. The first-order chi connectivity index (χ1) is 13.7. The summed E-state index contributed by atoms with van der Waals surface area (Å²) in [5, 5.41) is -1.30. The van der Waals surface area contributed by atoms with E-state index < -0.39 is 26.8 Å². The summed E-state index contributed by atoms with van der Waals surface area (Å²) in [4.78, 5) is 16.9. The molecule has 0 fully saturated rings. The molecule has 0 aliphatic rings. The Morgan fingerprint density at radius 2 is 1.69 bits per heavy atom. The number of sulfone groups is 1. The molecule has 1 atom stereocenters. The second kappa shape index (κ2) is 10.3. The van der Waals surface area contributed by atoms with Crippen LogP contribution in [0.15, 0.2) is 57.9 Å². The molecule has 5 nitrogen and oxygen atoms in total. The second-order valence-corrected chi connectivity index (χ2v) is 9.82. The molecule has 1 amide bonds. The Labute approximate surface area is 180 Å². The summed E-state index contributed by atoms with van der Waals surface area (Å²) in [5.41, 5.74) is 0.623. The molecule has 0 aliphatic heterocycles. The molecule has 8 heteroatoms. The summed E-state index contributed by atoms with van der Waals surface area (Å²) in [5.74, 6) is -1.04. The molecule has 2 aromatic carbocycles. The molecule has 158 valence electrons. The van der Waals surface area contributed by atoms with Gasteiger partial charge >= 0.3 is 0 Å². The first kappa shape index (κ1) is 23.5. The zero-order valence-electron chi connectivity index (χ0n) is 16.8. The van der Waals surface area contributed by atoms with Gasteiger partial charge in [0.05, 0.1) is 4.90 Å². The second-order valence-electron chi connectivity index (χ2n) is 6.64. The van der Waals surface area contributed by atoms with Crippen molar-refractivity contribution in [3.63, 3.8) is 0 Å². The zero-order valence-corrected chi connectivity index (χ0v) is 19.2. The van der Waals surface area contributed by atoms with Crippen molar-refractivity contribution >= 4 is 37.4 Å². The van der Waals surface area contributed by atoms with Crippen LogP contribution in [0.2, 0.25) is 0 Å². The van der Waals surface area contributed by atoms with Gasteiger partial charge in [0.2, 0.25) is 5.91 Å². The average Bonchev–Trinajstić information content (AvgIpc) is 2.70. The molecule has 0 saturated heterocycles. The topological polar surface area (TPSA) is 57.7 Å². The lowest BCUT2D eigenvalue weighted by molar-refractivity contribution is -0.118. The van der Waals surface area contributed by atoms with Gasteiger partial charge in [0, 0.05) is 23.2 Å². The van der Waals surface area contributed by atoms with Crippen LogP contribution in [0.1, 0.15) is 20.8 Å². The lowest BCUT2D eigenvalue weighted by Gasteiger charge is -2.29. The molecule has 2 aromatic rings. The number of amides is 1. The van der Waals surface area contributed by atoms with Crippen LogP contribution >= 0.6 is 15.9 Å². The minimum atomic E-state index is -3.95. The zero-order chi connectivity index (χ0) is 21.6. The highest BCUT2D eigenvalue weighted by atomic mass is 79.9. The molecule has 0 aliphatic carbocycles. The Morgan fingerprint density at radius 1 is 1.07 bits per heavy atom. The number of benzene rings is 2. The number of carbonyl (C=O) groups excluding carboxylic acids is 1. The van der Waals surface area contributed by atoms with E-state index in [0.29, 0.717) is 18.8 Å². The van der Waals surface area contributed by atoms with E-state index in [0.717, 1.165) is 29.7 Å². The number of nitrogens with zero attached hydrogens (tertiary/aromatic N) is 2. The van der Waals surface area contributed by atoms with Crippen molar-refractivity contribution in [2.75, 3.05) is 31.1 Å². The summed E-state index contributed by atoms with van der Waals surface area (Å²) in [6.07, 6.45) is 0. The smallest absolute Gasteiger partial charge is 0.245 e. The number of anilines is 1. The molecule has 29 heavy (non-hydrogen) atoms. The van der Waals surface area contributed by atoms with E-state index in [1.807, 2.05) is 19.9 Å². The van der Waals surface area contributed by atoms with E-state index in [9.17, 15) is 17.6 Å². The molecule has 0 saturated carbocycles. The highest BCUT2D eigenvalue weighted by molar-refractivity contribution is 9.10. The Bertz CT molecular complexity index is 931. The Hall–Kier alpha value is -1.77. The fraction of sp³-hybridized carbons (Fsp3) is 0.381. The minimum Gasteiger partial charge on any atom is -0.310 e. The third kappa shape index (κ3) is 5.87. The molecular weight excluding hydrogens is 459 g/mol. The highest BCUT2D eigenvalue weighted by Crippen LogP contribution is 2.24. The van der Waals surface area contributed by atoms with Crippen molar-refractivity contribution in [1.82, 2.24) is 4.90 Å². The first-order valence-corrected chi connectivity index (χ1v) is 11.8. The molecular formula is C21H26BrFN2O3S. The molecule has 1 unspecified atom stereocenters. The normalized spacial score (nSPS) is 12.8. The largest absolute Gasteiger partial charge is 0.310 e. The summed E-state index contributed by atoms with van der Waals surface area (Å²) < 4.78 is 39.9. The van der Waals surface area contributed by atoms with Gasteiger partial charge in [-0.25, -0.2) is 12.8 Å². The molecule has 0 aromatic heterocycles. The number of halogens is 2. The number of rotatable bonds is 9. The fourth-order valence-electron chi connectivity index (χ4n) is 2.97. The van der Waals surface area contributed by atoms with Crippen LogP contribution in [0.3, 0.4) is 0 Å². The van der Waals surface area contributed by atoms with Crippen LogP contribution in [0.5, 0.6) is 0 Å². The van der Waals surface area contributed by atoms with E-state index in [2.05, 4.69) is 20.8 Å². The lowest BCUT2D eigenvalue weighted by atomic mass is 10.2. The van der Waals surface area contributed by atoms with Gasteiger partial charge in [0.1, 0.15) is 11.1 Å². The van der Waals surface area contributed by atoms with Crippen LogP contribution in [-0.2, 0) is 14.6 Å². The van der Waals surface area contributed by atoms with E-state index >= 15 is 0 Å². The van der Waals surface area contributed by atoms with E-state index in [4.69, 9.17) is 0 Å². The van der Waals surface area contributed by atoms with Gasteiger partial charge in [0.25, 0.3) is 0 Å². The van der Waals surface area contributed by atoms with Crippen LogP contribution in [0, 0.1) is 5.82 Å². The number of carbonyl (C=O) groups is 1. The summed E-state index contributed by atoms with van der Waals surface area (Å²) in [6, 6.07) is 11.7.